The minimum atomic E-state index is -0.570. The molecule has 0 aliphatic rings. The molecule has 0 bridgehead atoms. The minimum absolute atomic E-state index is 0.111. The molecule has 35 heavy (non-hydrogen) atoms. The van der Waals surface area contributed by atoms with E-state index in [-0.39, 0.29) is 18.0 Å². The van der Waals surface area contributed by atoms with Crippen molar-refractivity contribution in [1.82, 2.24) is 15.3 Å². The van der Waals surface area contributed by atoms with Crippen LogP contribution >= 0.6 is 0 Å². The standard InChI is InChI=1S/C26H22N4O5/c1-34-23-6-4-3-5-20(23)25(32)30-19-12-16(11-18(13-19)26(33)35-2)15-29-24(31)17-7-8-21-22(14-17)28-10-9-27-21/h3-14H,15H2,1-2H3,(H,29,31)(H,30,32). The van der Waals surface area contributed by atoms with E-state index in [1.165, 1.54) is 20.3 Å². The highest BCUT2D eigenvalue weighted by Crippen LogP contribution is 2.21. The molecule has 2 N–H and O–H groups in total. The van der Waals surface area contributed by atoms with Gasteiger partial charge >= 0.3 is 5.97 Å². The van der Waals surface area contributed by atoms with Crippen molar-refractivity contribution in [3.05, 3.63) is 95.3 Å². The Bertz CT molecular complexity index is 1420. The van der Waals surface area contributed by atoms with Crippen LogP contribution in [-0.4, -0.2) is 42.0 Å². The molecule has 1 aromatic heterocycles. The number of hydrogen-bond acceptors (Lipinski definition) is 7. The fraction of sp³-hybridized carbons (Fsp3) is 0.115. The number of carbonyl (C=O) groups excluding carboxylic acids is 3. The largest absolute Gasteiger partial charge is 0.496 e. The summed E-state index contributed by atoms with van der Waals surface area (Å²) in [7, 11) is 2.75. The van der Waals surface area contributed by atoms with Crippen LogP contribution in [-0.2, 0) is 11.3 Å². The van der Waals surface area contributed by atoms with E-state index in [4.69, 9.17) is 9.47 Å². The average molecular weight is 470 g/mol. The zero-order valence-electron chi connectivity index (χ0n) is 19.1. The molecule has 1 heterocycles. The maximum absolute atomic E-state index is 12.8. The summed E-state index contributed by atoms with van der Waals surface area (Å²) >= 11 is 0. The molecule has 0 aliphatic carbocycles. The molecule has 9 nitrogen and oxygen atoms in total. The summed E-state index contributed by atoms with van der Waals surface area (Å²) in [5.74, 6) is -0.877. The van der Waals surface area contributed by atoms with Crippen LogP contribution < -0.4 is 15.4 Å². The first-order valence-electron chi connectivity index (χ1n) is 10.6. The van der Waals surface area contributed by atoms with Gasteiger partial charge in [-0.1, -0.05) is 12.1 Å². The first kappa shape index (κ1) is 23.4. The van der Waals surface area contributed by atoms with Crippen molar-refractivity contribution >= 4 is 34.5 Å². The van der Waals surface area contributed by atoms with E-state index in [2.05, 4.69) is 20.6 Å². The quantitative estimate of drug-likeness (QED) is 0.396. The first-order valence-corrected chi connectivity index (χ1v) is 10.6. The van der Waals surface area contributed by atoms with Gasteiger partial charge in [-0.15, -0.1) is 0 Å². The predicted octanol–water partition coefficient (Wildman–Crippen LogP) is 3.61. The number of esters is 1. The average Bonchev–Trinajstić information content (AvgIpc) is 2.90. The summed E-state index contributed by atoms with van der Waals surface area (Å²) in [5.41, 5.74) is 3.25. The molecule has 0 radical (unpaired) electrons. The van der Waals surface area contributed by atoms with Crippen molar-refractivity contribution in [2.75, 3.05) is 19.5 Å². The van der Waals surface area contributed by atoms with Crippen LogP contribution in [0.3, 0.4) is 0 Å². The van der Waals surface area contributed by atoms with Gasteiger partial charge in [-0.2, -0.15) is 0 Å². The summed E-state index contributed by atoms with van der Waals surface area (Å²) in [6, 6.07) is 16.6. The lowest BCUT2D eigenvalue weighted by atomic mass is 10.1. The smallest absolute Gasteiger partial charge is 0.337 e. The van der Waals surface area contributed by atoms with Gasteiger partial charge in [0, 0.05) is 30.2 Å². The topological polar surface area (TPSA) is 120 Å². The van der Waals surface area contributed by atoms with Gasteiger partial charge in [0.1, 0.15) is 5.75 Å². The molecule has 0 aliphatic heterocycles. The Hall–Kier alpha value is -4.79. The van der Waals surface area contributed by atoms with Gasteiger partial charge in [0.25, 0.3) is 11.8 Å². The number of nitrogens with one attached hydrogen (secondary N) is 2. The van der Waals surface area contributed by atoms with Crippen LogP contribution in [0.25, 0.3) is 11.0 Å². The Labute approximate surface area is 201 Å². The number of amides is 2. The molecule has 176 valence electrons. The summed E-state index contributed by atoms with van der Waals surface area (Å²) in [5, 5.41) is 5.60. The monoisotopic (exact) mass is 470 g/mol. The van der Waals surface area contributed by atoms with Gasteiger partial charge in [0.15, 0.2) is 0 Å². The number of anilines is 1. The van der Waals surface area contributed by atoms with Crippen LogP contribution in [0.1, 0.15) is 36.6 Å². The molecule has 0 saturated carbocycles. The zero-order chi connectivity index (χ0) is 24.8. The van der Waals surface area contributed by atoms with E-state index in [1.54, 1.807) is 67.0 Å². The summed E-state index contributed by atoms with van der Waals surface area (Å²) in [6.07, 6.45) is 3.14. The number of nitrogens with zero attached hydrogens (tertiary/aromatic N) is 2. The zero-order valence-corrected chi connectivity index (χ0v) is 19.1. The molecule has 0 spiro atoms. The number of rotatable bonds is 7. The Balaban J connectivity index is 1.54. The molecule has 0 unspecified atom stereocenters. The highest BCUT2D eigenvalue weighted by Gasteiger charge is 2.15. The highest BCUT2D eigenvalue weighted by atomic mass is 16.5. The minimum Gasteiger partial charge on any atom is -0.496 e. The highest BCUT2D eigenvalue weighted by molar-refractivity contribution is 6.06. The van der Waals surface area contributed by atoms with Gasteiger partial charge in [-0.05, 0) is 54.1 Å². The Morgan fingerprint density at radius 2 is 1.60 bits per heavy atom. The number of hydrogen-bond donors (Lipinski definition) is 2. The van der Waals surface area contributed by atoms with Crippen molar-refractivity contribution in [2.24, 2.45) is 0 Å². The molecule has 0 atom stereocenters. The summed E-state index contributed by atoms with van der Waals surface area (Å²) in [6.45, 7) is 0.111. The second kappa shape index (κ2) is 10.4. The number of carbonyl (C=O) groups is 3. The second-order valence-electron chi connectivity index (χ2n) is 7.51. The van der Waals surface area contributed by atoms with Crippen molar-refractivity contribution in [1.29, 1.82) is 0 Å². The maximum atomic E-state index is 12.8. The normalized spacial score (nSPS) is 10.5. The molecule has 9 heteroatoms. The first-order chi connectivity index (χ1) is 17.0. The molecular weight excluding hydrogens is 448 g/mol. The maximum Gasteiger partial charge on any atom is 0.337 e. The number of methoxy groups -OCH3 is 2. The van der Waals surface area contributed by atoms with E-state index >= 15 is 0 Å². The number of aromatic nitrogens is 2. The third-order valence-electron chi connectivity index (χ3n) is 5.21. The Morgan fingerprint density at radius 1 is 0.829 bits per heavy atom. The number of ether oxygens (including phenoxy) is 2. The van der Waals surface area contributed by atoms with Crippen LogP contribution in [0.4, 0.5) is 5.69 Å². The van der Waals surface area contributed by atoms with Gasteiger partial charge < -0.3 is 20.1 Å². The molecule has 0 fully saturated rings. The van der Waals surface area contributed by atoms with E-state index in [9.17, 15) is 14.4 Å². The van der Waals surface area contributed by atoms with Crippen molar-refractivity contribution < 1.29 is 23.9 Å². The number of fused-ring (bicyclic) bond motifs is 1. The van der Waals surface area contributed by atoms with E-state index in [1.807, 2.05) is 0 Å². The second-order valence-corrected chi connectivity index (χ2v) is 7.51. The fourth-order valence-corrected chi connectivity index (χ4v) is 3.52. The number of para-hydroxylation sites is 1. The lowest BCUT2D eigenvalue weighted by Gasteiger charge is -2.13. The Morgan fingerprint density at radius 3 is 2.37 bits per heavy atom. The van der Waals surface area contributed by atoms with Crippen LogP contribution in [0, 0.1) is 0 Å². The van der Waals surface area contributed by atoms with Crippen molar-refractivity contribution in [3.63, 3.8) is 0 Å². The van der Waals surface area contributed by atoms with E-state index in [0.29, 0.717) is 39.2 Å². The Kier molecular flexibility index (Phi) is 6.96. The van der Waals surface area contributed by atoms with Gasteiger partial charge in [-0.25, -0.2) is 4.79 Å². The molecule has 3 aromatic carbocycles. The molecule has 0 saturated heterocycles. The SMILES string of the molecule is COC(=O)c1cc(CNC(=O)c2ccc3nccnc3c2)cc(NC(=O)c2ccccc2OC)c1. The fourth-order valence-electron chi connectivity index (χ4n) is 3.52. The van der Waals surface area contributed by atoms with Crippen LogP contribution in [0.5, 0.6) is 5.75 Å². The summed E-state index contributed by atoms with van der Waals surface area (Å²) < 4.78 is 10.1. The molecule has 2 amide bonds. The summed E-state index contributed by atoms with van der Waals surface area (Å²) in [4.78, 5) is 46.2. The van der Waals surface area contributed by atoms with E-state index < -0.39 is 11.9 Å². The van der Waals surface area contributed by atoms with Crippen LogP contribution in [0.15, 0.2) is 73.1 Å². The van der Waals surface area contributed by atoms with Crippen LogP contribution in [0.2, 0.25) is 0 Å². The van der Waals surface area contributed by atoms with Gasteiger partial charge in [0.05, 0.1) is 36.4 Å². The van der Waals surface area contributed by atoms with Gasteiger partial charge in [-0.3, -0.25) is 19.6 Å². The van der Waals surface area contributed by atoms with E-state index in [0.717, 1.165) is 0 Å². The third kappa shape index (κ3) is 5.41. The predicted molar refractivity (Wildman–Crippen MR) is 129 cm³/mol. The van der Waals surface area contributed by atoms with Crippen molar-refractivity contribution in [2.45, 2.75) is 6.54 Å². The number of benzene rings is 3. The molecule has 4 aromatic rings. The van der Waals surface area contributed by atoms with Crippen molar-refractivity contribution in [3.8, 4) is 5.75 Å². The lowest BCUT2D eigenvalue weighted by molar-refractivity contribution is 0.0600. The lowest BCUT2D eigenvalue weighted by Crippen LogP contribution is -2.23. The third-order valence-corrected chi connectivity index (χ3v) is 5.21. The molecule has 4 rings (SSSR count). The van der Waals surface area contributed by atoms with Gasteiger partial charge in [0.2, 0.25) is 0 Å². The molecular formula is C26H22N4O5.